The van der Waals surface area contributed by atoms with Crippen molar-refractivity contribution in [2.24, 2.45) is 0 Å². The van der Waals surface area contributed by atoms with Crippen LogP contribution in [0.4, 0.5) is 5.69 Å². The molecule has 1 unspecified atom stereocenters. The first-order chi connectivity index (χ1) is 16.4. The molecule has 1 N–H and O–H groups in total. The molecule has 0 radical (unpaired) electrons. The molecule has 0 bridgehead atoms. The lowest BCUT2D eigenvalue weighted by Gasteiger charge is -2.36. The minimum Gasteiger partial charge on any atom is -0.489 e. The van der Waals surface area contributed by atoms with Gasteiger partial charge in [-0.3, -0.25) is 14.8 Å². The van der Waals surface area contributed by atoms with E-state index < -0.39 is 6.04 Å². The van der Waals surface area contributed by atoms with Crippen molar-refractivity contribution in [3.63, 3.8) is 0 Å². The minimum absolute atomic E-state index is 0.0212. The summed E-state index contributed by atoms with van der Waals surface area (Å²) in [6.45, 7) is 10.9. The number of nitrogens with one attached hydrogen (secondary N) is 1. The van der Waals surface area contributed by atoms with E-state index in [2.05, 4.69) is 32.1 Å². The number of H-pyrrole nitrogens is 1. The summed E-state index contributed by atoms with van der Waals surface area (Å²) in [7, 11) is 0. The number of aromatic amines is 1. The number of carbonyl (C=O) groups is 2. The number of piperazine rings is 1. The highest BCUT2D eigenvalue weighted by molar-refractivity contribution is 5.88. The Labute approximate surface area is 201 Å². The summed E-state index contributed by atoms with van der Waals surface area (Å²) in [6.07, 6.45) is 1.02. The highest BCUT2D eigenvalue weighted by atomic mass is 16.5. The first-order valence-electron chi connectivity index (χ1n) is 12.2. The zero-order valence-corrected chi connectivity index (χ0v) is 20.3. The molecule has 1 aromatic heterocycles. The van der Waals surface area contributed by atoms with Crippen molar-refractivity contribution in [2.75, 3.05) is 37.7 Å². The summed E-state index contributed by atoms with van der Waals surface area (Å²) < 4.78 is 11.1. The lowest BCUT2D eigenvalue weighted by atomic mass is 10.2. The molecule has 2 fully saturated rings. The van der Waals surface area contributed by atoms with Gasteiger partial charge in [0.05, 0.1) is 36.3 Å². The van der Waals surface area contributed by atoms with Crippen molar-refractivity contribution in [1.82, 2.24) is 20.0 Å². The van der Waals surface area contributed by atoms with Gasteiger partial charge in [0.2, 0.25) is 5.91 Å². The number of esters is 1. The number of likely N-dealkylation sites (tertiary alicyclic amines) is 1. The number of para-hydroxylation sites is 2. The van der Waals surface area contributed by atoms with Gasteiger partial charge in [0.15, 0.2) is 0 Å². The van der Waals surface area contributed by atoms with Crippen molar-refractivity contribution >= 4 is 17.6 Å². The van der Waals surface area contributed by atoms with Gasteiger partial charge in [0.1, 0.15) is 11.8 Å². The van der Waals surface area contributed by atoms with Crippen LogP contribution in [0.25, 0.3) is 0 Å². The minimum atomic E-state index is -0.505. The van der Waals surface area contributed by atoms with Crippen LogP contribution in [0.1, 0.15) is 45.0 Å². The van der Waals surface area contributed by atoms with Crippen LogP contribution in [0, 0.1) is 0 Å². The summed E-state index contributed by atoms with van der Waals surface area (Å²) in [5.74, 6) is 0.582. The van der Waals surface area contributed by atoms with Crippen LogP contribution < -0.4 is 9.64 Å². The van der Waals surface area contributed by atoms with Crippen LogP contribution >= 0.6 is 0 Å². The number of ether oxygens (including phenoxy) is 2. The second-order valence-electron chi connectivity index (χ2n) is 9.11. The molecule has 3 heterocycles. The van der Waals surface area contributed by atoms with Gasteiger partial charge in [-0.2, -0.15) is 5.10 Å². The van der Waals surface area contributed by atoms with Crippen LogP contribution in [0.5, 0.6) is 5.75 Å². The molecule has 184 valence electrons. The number of hydrogen-bond donors (Lipinski definition) is 1. The molecular formula is C25H35N5O4. The van der Waals surface area contributed by atoms with Crippen molar-refractivity contribution in [1.29, 1.82) is 0 Å². The molecule has 0 spiro atoms. The molecule has 2 aliphatic rings. The van der Waals surface area contributed by atoms with E-state index in [4.69, 9.17) is 9.47 Å². The molecule has 1 amide bonds. The maximum atomic E-state index is 12.3. The third-order valence-corrected chi connectivity index (χ3v) is 6.24. The van der Waals surface area contributed by atoms with Crippen molar-refractivity contribution < 1.29 is 19.1 Å². The number of benzene rings is 1. The van der Waals surface area contributed by atoms with E-state index in [-0.39, 0.29) is 18.0 Å². The van der Waals surface area contributed by atoms with Crippen LogP contribution in [-0.4, -0.2) is 76.8 Å². The zero-order valence-electron chi connectivity index (χ0n) is 20.3. The van der Waals surface area contributed by atoms with Gasteiger partial charge in [-0.1, -0.05) is 12.1 Å². The van der Waals surface area contributed by atoms with E-state index in [1.54, 1.807) is 11.8 Å². The van der Waals surface area contributed by atoms with Gasteiger partial charge >= 0.3 is 5.97 Å². The summed E-state index contributed by atoms with van der Waals surface area (Å²) in [5, 5.41) is 7.50. The second-order valence-corrected chi connectivity index (χ2v) is 9.11. The molecule has 9 heteroatoms. The fraction of sp³-hybridized carbons (Fsp3) is 0.560. The highest BCUT2D eigenvalue weighted by Crippen LogP contribution is 2.30. The Balaban J connectivity index is 1.31. The highest BCUT2D eigenvalue weighted by Gasteiger charge is 2.37. The Bertz CT molecular complexity index is 983. The molecule has 34 heavy (non-hydrogen) atoms. The normalized spacial score (nSPS) is 19.2. The molecule has 1 atom stereocenters. The zero-order chi connectivity index (χ0) is 24.1. The summed E-state index contributed by atoms with van der Waals surface area (Å²) in [4.78, 5) is 30.9. The number of anilines is 1. The molecule has 2 aliphatic heterocycles. The number of carbonyl (C=O) groups excluding carboxylic acids is 2. The largest absolute Gasteiger partial charge is 0.489 e. The molecule has 9 nitrogen and oxygen atoms in total. The van der Waals surface area contributed by atoms with E-state index in [9.17, 15) is 9.59 Å². The Morgan fingerprint density at radius 1 is 1.18 bits per heavy atom. The van der Waals surface area contributed by atoms with Crippen molar-refractivity contribution in [2.45, 2.75) is 58.8 Å². The van der Waals surface area contributed by atoms with E-state index in [1.807, 2.05) is 32.0 Å². The van der Waals surface area contributed by atoms with Crippen LogP contribution in [-0.2, 0) is 27.4 Å². The van der Waals surface area contributed by atoms with Gasteiger partial charge in [-0.15, -0.1) is 0 Å². The van der Waals surface area contributed by atoms with Gasteiger partial charge in [0, 0.05) is 39.1 Å². The van der Waals surface area contributed by atoms with Gasteiger partial charge < -0.3 is 19.3 Å². The summed E-state index contributed by atoms with van der Waals surface area (Å²) in [6, 6.07) is 9.71. The van der Waals surface area contributed by atoms with Gasteiger partial charge in [-0.05, 0) is 45.4 Å². The average molecular weight is 470 g/mol. The quantitative estimate of drug-likeness (QED) is 0.565. The molecule has 2 saturated heterocycles. The maximum absolute atomic E-state index is 12.3. The maximum Gasteiger partial charge on any atom is 0.328 e. The standard InChI is InChI=1S/C25H35N5O4/c1-4-33-25(32)22-9-10-24(31)30(22)17-20-15-19(26-27-20)16-28-11-13-29(14-12-28)21-7-5-6-8-23(21)34-18(2)3/h5-8,15,18,22H,4,9-14,16-17H2,1-3H3,(H,26,27). The number of hydrogen-bond acceptors (Lipinski definition) is 7. The van der Waals surface area contributed by atoms with E-state index >= 15 is 0 Å². The second kappa shape index (κ2) is 10.9. The number of rotatable bonds is 9. The summed E-state index contributed by atoms with van der Waals surface area (Å²) >= 11 is 0. The van der Waals surface area contributed by atoms with E-state index in [1.165, 1.54) is 0 Å². The molecule has 0 aliphatic carbocycles. The lowest BCUT2D eigenvalue weighted by molar-refractivity contribution is -0.151. The fourth-order valence-electron chi connectivity index (χ4n) is 4.62. The van der Waals surface area contributed by atoms with Crippen molar-refractivity contribution in [3.05, 3.63) is 41.7 Å². The van der Waals surface area contributed by atoms with Crippen LogP contribution in [0.15, 0.2) is 30.3 Å². The SMILES string of the molecule is CCOC(=O)C1CCC(=O)N1Cc1cc(CN2CCN(c3ccccc3OC(C)C)CC2)n[nH]1. The molecule has 0 saturated carbocycles. The predicted octanol–water partition coefficient (Wildman–Crippen LogP) is 2.57. The molecule has 1 aromatic carbocycles. The number of aromatic nitrogens is 2. The topological polar surface area (TPSA) is 91.0 Å². The van der Waals surface area contributed by atoms with E-state index in [0.717, 1.165) is 55.5 Å². The summed E-state index contributed by atoms with van der Waals surface area (Å²) in [5.41, 5.74) is 2.91. The third kappa shape index (κ3) is 5.70. The Morgan fingerprint density at radius 2 is 1.94 bits per heavy atom. The van der Waals surface area contributed by atoms with Crippen molar-refractivity contribution in [3.8, 4) is 5.75 Å². The van der Waals surface area contributed by atoms with Gasteiger partial charge in [0.25, 0.3) is 0 Å². The predicted molar refractivity (Wildman–Crippen MR) is 128 cm³/mol. The molecule has 2 aromatic rings. The average Bonchev–Trinajstić information content (AvgIpc) is 3.41. The Kier molecular flexibility index (Phi) is 7.72. The Hall–Kier alpha value is -3.07. The lowest BCUT2D eigenvalue weighted by Crippen LogP contribution is -2.46. The fourth-order valence-corrected chi connectivity index (χ4v) is 4.62. The van der Waals surface area contributed by atoms with Gasteiger partial charge in [-0.25, -0.2) is 4.79 Å². The third-order valence-electron chi connectivity index (χ3n) is 6.24. The smallest absolute Gasteiger partial charge is 0.328 e. The van der Waals surface area contributed by atoms with Crippen LogP contribution in [0.2, 0.25) is 0 Å². The van der Waals surface area contributed by atoms with E-state index in [0.29, 0.717) is 26.0 Å². The van der Waals surface area contributed by atoms with Crippen LogP contribution in [0.3, 0.4) is 0 Å². The number of nitrogens with zero attached hydrogens (tertiary/aromatic N) is 4. The first kappa shape index (κ1) is 24.1. The first-order valence-corrected chi connectivity index (χ1v) is 12.2. The molecular weight excluding hydrogens is 434 g/mol. The molecule has 4 rings (SSSR count). The number of amides is 1. The Morgan fingerprint density at radius 3 is 2.68 bits per heavy atom. The monoisotopic (exact) mass is 469 g/mol.